The highest BCUT2D eigenvalue weighted by Crippen LogP contribution is 2.18. The van der Waals surface area contributed by atoms with E-state index < -0.39 is 0 Å². The van der Waals surface area contributed by atoms with Crippen LogP contribution in [0.4, 0.5) is 10.5 Å². The van der Waals surface area contributed by atoms with Crippen molar-refractivity contribution in [2.75, 3.05) is 5.32 Å². The quantitative estimate of drug-likeness (QED) is 0.760. The highest BCUT2D eigenvalue weighted by molar-refractivity contribution is 7.09. The van der Waals surface area contributed by atoms with Crippen molar-refractivity contribution < 1.29 is 9.59 Å². The molecule has 2 aromatic rings. The molecular weight excluding hydrogens is 312 g/mol. The lowest BCUT2D eigenvalue weighted by atomic mass is 10.2. The molecule has 0 aliphatic rings. The maximum Gasteiger partial charge on any atom is 0.315 e. The lowest BCUT2D eigenvalue weighted by molar-refractivity contribution is -0.114. The first-order valence-electron chi connectivity index (χ1n) is 7.38. The van der Waals surface area contributed by atoms with E-state index in [4.69, 9.17) is 0 Å². The van der Waals surface area contributed by atoms with Crippen LogP contribution in [0, 0.1) is 0 Å². The molecule has 0 aliphatic carbocycles. The van der Waals surface area contributed by atoms with Crippen LogP contribution in [0.5, 0.6) is 0 Å². The zero-order valence-electron chi connectivity index (χ0n) is 13.1. The van der Waals surface area contributed by atoms with Gasteiger partial charge >= 0.3 is 6.03 Å². The smallest absolute Gasteiger partial charge is 0.315 e. The van der Waals surface area contributed by atoms with Crippen molar-refractivity contribution in [3.63, 3.8) is 0 Å². The molecule has 7 heteroatoms. The summed E-state index contributed by atoms with van der Waals surface area (Å²) in [4.78, 5) is 27.3. The maximum atomic E-state index is 12.0. The lowest BCUT2D eigenvalue weighted by Gasteiger charge is -2.15. The average Bonchev–Trinajstić information content (AvgIpc) is 3.04. The van der Waals surface area contributed by atoms with E-state index in [-0.39, 0.29) is 18.0 Å². The molecule has 0 saturated carbocycles. The SMILES string of the molecule is CCC(NC(=O)NCc1cccc(NC(C)=O)c1)c1nccs1. The molecule has 0 spiro atoms. The van der Waals surface area contributed by atoms with E-state index >= 15 is 0 Å². The summed E-state index contributed by atoms with van der Waals surface area (Å²) in [5.74, 6) is -0.123. The van der Waals surface area contributed by atoms with E-state index in [1.807, 2.05) is 30.5 Å². The minimum absolute atomic E-state index is 0.0827. The summed E-state index contributed by atoms with van der Waals surface area (Å²) in [5, 5.41) is 11.2. The molecule has 1 aromatic carbocycles. The minimum atomic E-state index is -0.239. The van der Waals surface area contributed by atoms with Gasteiger partial charge in [0.1, 0.15) is 5.01 Å². The van der Waals surface area contributed by atoms with Crippen LogP contribution in [0.1, 0.15) is 36.9 Å². The van der Waals surface area contributed by atoms with E-state index in [2.05, 4.69) is 20.9 Å². The number of rotatable bonds is 6. The number of benzene rings is 1. The van der Waals surface area contributed by atoms with Gasteiger partial charge in [0.25, 0.3) is 0 Å². The highest BCUT2D eigenvalue weighted by Gasteiger charge is 2.14. The van der Waals surface area contributed by atoms with Gasteiger partial charge in [0, 0.05) is 30.7 Å². The van der Waals surface area contributed by atoms with E-state index in [1.165, 1.54) is 18.3 Å². The predicted octanol–water partition coefficient (Wildman–Crippen LogP) is 3.05. The predicted molar refractivity (Wildman–Crippen MR) is 91.3 cm³/mol. The Bertz CT molecular complexity index is 658. The van der Waals surface area contributed by atoms with Gasteiger partial charge < -0.3 is 16.0 Å². The second kappa shape index (κ2) is 8.28. The zero-order valence-corrected chi connectivity index (χ0v) is 13.9. The third kappa shape index (κ3) is 5.37. The molecule has 2 rings (SSSR count). The maximum absolute atomic E-state index is 12.0. The van der Waals surface area contributed by atoms with Gasteiger partial charge in [-0.05, 0) is 24.1 Å². The first-order valence-corrected chi connectivity index (χ1v) is 8.26. The van der Waals surface area contributed by atoms with Gasteiger partial charge in [0.05, 0.1) is 6.04 Å². The van der Waals surface area contributed by atoms with E-state index in [1.54, 1.807) is 12.3 Å². The Morgan fingerprint density at radius 1 is 1.35 bits per heavy atom. The number of carbonyl (C=O) groups is 2. The van der Waals surface area contributed by atoms with Crippen molar-refractivity contribution in [1.82, 2.24) is 15.6 Å². The monoisotopic (exact) mass is 332 g/mol. The fourth-order valence-electron chi connectivity index (χ4n) is 2.10. The Morgan fingerprint density at radius 3 is 2.83 bits per heavy atom. The number of nitrogens with one attached hydrogen (secondary N) is 3. The number of carbonyl (C=O) groups excluding carboxylic acids is 2. The van der Waals surface area contributed by atoms with Gasteiger partial charge in [-0.15, -0.1) is 11.3 Å². The Morgan fingerprint density at radius 2 is 2.17 bits per heavy atom. The minimum Gasteiger partial charge on any atom is -0.334 e. The number of anilines is 1. The van der Waals surface area contributed by atoms with Crippen LogP contribution in [0.25, 0.3) is 0 Å². The molecule has 23 heavy (non-hydrogen) atoms. The van der Waals surface area contributed by atoms with Crippen molar-refractivity contribution in [3.8, 4) is 0 Å². The first-order chi connectivity index (χ1) is 11.1. The Labute approximate surface area is 139 Å². The fourth-order valence-corrected chi connectivity index (χ4v) is 2.87. The molecule has 0 aliphatic heterocycles. The van der Waals surface area contributed by atoms with Crippen LogP contribution in [0.15, 0.2) is 35.8 Å². The molecule has 0 saturated heterocycles. The zero-order chi connectivity index (χ0) is 16.7. The molecule has 0 fully saturated rings. The van der Waals surface area contributed by atoms with E-state index in [0.29, 0.717) is 12.2 Å². The number of hydrogen-bond donors (Lipinski definition) is 3. The number of hydrogen-bond acceptors (Lipinski definition) is 4. The van der Waals surface area contributed by atoms with E-state index in [0.717, 1.165) is 17.0 Å². The number of nitrogens with zero attached hydrogens (tertiary/aromatic N) is 1. The van der Waals surface area contributed by atoms with Crippen molar-refractivity contribution >= 4 is 29.0 Å². The van der Waals surface area contributed by atoms with Crippen LogP contribution < -0.4 is 16.0 Å². The molecule has 0 radical (unpaired) electrons. The molecule has 3 amide bonds. The van der Waals surface area contributed by atoms with Crippen LogP contribution in [0.3, 0.4) is 0 Å². The van der Waals surface area contributed by atoms with Crippen LogP contribution >= 0.6 is 11.3 Å². The topological polar surface area (TPSA) is 83.1 Å². The van der Waals surface area contributed by atoms with Gasteiger partial charge in [0.2, 0.25) is 5.91 Å². The second-order valence-electron chi connectivity index (χ2n) is 5.04. The summed E-state index contributed by atoms with van der Waals surface area (Å²) >= 11 is 1.53. The first kappa shape index (κ1) is 17.0. The number of thiazole rings is 1. The summed E-state index contributed by atoms with van der Waals surface area (Å²) in [6.45, 7) is 3.85. The lowest BCUT2D eigenvalue weighted by Crippen LogP contribution is -2.37. The van der Waals surface area contributed by atoms with Gasteiger partial charge in [-0.3, -0.25) is 4.79 Å². The fraction of sp³-hybridized carbons (Fsp3) is 0.312. The molecular formula is C16H20N4O2S. The van der Waals surface area contributed by atoms with Gasteiger partial charge in [-0.25, -0.2) is 9.78 Å². The van der Waals surface area contributed by atoms with Crippen molar-refractivity contribution in [1.29, 1.82) is 0 Å². The molecule has 1 atom stereocenters. The van der Waals surface area contributed by atoms with Gasteiger partial charge in [-0.1, -0.05) is 19.1 Å². The van der Waals surface area contributed by atoms with Crippen molar-refractivity contribution in [3.05, 3.63) is 46.4 Å². The average molecular weight is 332 g/mol. The standard InChI is InChI=1S/C16H20N4O2S/c1-3-14(15-17-7-8-23-15)20-16(22)18-10-12-5-4-6-13(9-12)19-11(2)21/h4-9,14H,3,10H2,1-2H3,(H,19,21)(H2,18,20,22). The van der Waals surface area contributed by atoms with Crippen LogP contribution in [-0.2, 0) is 11.3 Å². The summed E-state index contributed by atoms with van der Waals surface area (Å²) in [7, 11) is 0. The van der Waals surface area contributed by atoms with E-state index in [9.17, 15) is 9.59 Å². The molecule has 0 bridgehead atoms. The summed E-state index contributed by atoms with van der Waals surface area (Å²) in [6.07, 6.45) is 2.51. The van der Waals surface area contributed by atoms with Crippen molar-refractivity contribution in [2.24, 2.45) is 0 Å². The summed E-state index contributed by atoms with van der Waals surface area (Å²) in [5.41, 5.74) is 1.63. The highest BCUT2D eigenvalue weighted by atomic mass is 32.1. The third-order valence-corrected chi connectivity index (χ3v) is 4.05. The van der Waals surface area contributed by atoms with Gasteiger partial charge in [0.15, 0.2) is 0 Å². The largest absolute Gasteiger partial charge is 0.334 e. The number of urea groups is 1. The molecule has 1 heterocycles. The summed E-state index contributed by atoms with van der Waals surface area (Å²) < 4.78 is 0. The van der Waals surface area contributed by atoms with Gasteiger partial charge in [-0.2, -0.15) is 0 Å². The Kier molecular flexibility index (Phi) is 6.10. The normalized spacial score (nSPS) is 11.6. The number of aromatic nitrogens is 1. The molecule has 6 nitrogen and oxygen atoms in total. The van der Waals surface area contributed by atoms with Crippen molar-refractivity contribution in [2.45, 2.75) is 32.9 Å². The van der Waals surface area contributed by atoms with Crippen LogP contribution in [0.2, 0.25) is 0 Å². The molecule has 1 unspecified atom stereocenters. The third-order valence-electron chi connectivity index (χ3n) is 3.16. The molecule has 1 aromatic heterocycles. The number of amides is 3. The molecule has 122 valence electrons. The second-order valence-corrected chi connectivity index (χ2v) is 5.97. The Hall–Kier alpha value is -2.41. The summed E-state index contributed by atoms with van der Waals surface area (Å²) in [6, 6.07) is 7.05. The Balaban J connectivity index is 1.87. The van der Waals surface area contributed by atoms with Crippen LogP contribution in [-0.4, -0.2) is 16.9 Å². The molecule has 3 N–H and O–H groups in total.